The Kier molecular flexibility index (Phi) is 6.58. The van der Waals surface area contributed by atoms with E-state index in [0.717, 1.165) is 31.2 Å². The van der Waals surface area contributed by atoms with Crippen LogP contribution in [0.5, 0.6) is 0 Å². The normalized spacial score (nSPS) is 14.6. The van der Waals surface area contributed by atoms with Gasteiger partial charge in [-0.25, -0.2) is 0 Å². The molecule has 0 aliphatic heterocycles. The molecule has 2 amide bonds. The van der Waals surface area contributed by atoms with Crippen LogP contribution in [0.25, 0.3) is 0 Å². The van der Waals surface area contributed by atoms with Crippen LogP contribution in [0.15, 0.2) is 48.7 Å². The first-order valence-electron chi connectivity index (χ1n) is 9.77. The summed E-state index contributed by atoms with van der Waals surface area (Å²) in [6.07, 6.45) is 7.13. The van der Waals surface area contributed by atoms with Crippen molar-refractivity contribution < 1.29 is 9.59 Å². The number of amides is 2. The van der Waals surface area contributed by atoms with Gasteiger partial charge in [-0.3, -0.25) is 14.6 Å². The van der Waals surface area contributed by atoms with Crippen molar-refractivity contribution in [2.24, 2.45) is 0 Å². The first kappa shape index (κ1) is 19.1. The number of carbonyl (C=O) groups is 2. The summed E-state index contributed by atoms with van der Waals surface area (Å²) in [7, 11) is 0. The van der Waals surface area contributed by atoms with Crippen molar-refractivity contribution in [2.45, 2.75) is 51.6 Å². The summed E-state index contributed by atoms with van der Waals surface area (Å²) in [6, 6.07) is 13.4. The minimum Gasteiger partial charge on any atom is -0.348 e. The van der Waals surface area contributed by atoms with Crippen molar-refractivity contribution in [1.29, 1.82) is 0 Å². The van der Waals surface area contributed by atoms with Gasteiger partial charge in [0, 0.05) is 30.9 Å². The van der Waals surface area contributed by atoms with Crippen molar-refractivity contribution in [3.63, 3.8) is 0 Å². The maximum absolute atomic E-state index is 12.9. The molecule has 27 heavy (non-hydrogen) atoms. The molecule has 1 aromatic heterocycles. The maximum atomic E-state index is 12.9. The molecule has 1 aliphatic rings. The van der Waals surface area contributed by atoms with E-state index < -0.39 is 0 Å². The van der Waals surface area contributed by atoms with Crippen LogP contribution in [0.2, 0.25) is 0 Å². The minimum atomic E-state index is -0.192. The number of aromatic nitrogens is 1. The van der Waals surface area contributed by atoms with E-state index in [1.807, 2.05) is 37.3 Å². The number of carbonyl (C=O) groups excluding carboxylic acids is 2. The molecule has 0 unspecified atom stereocenters. The summed E-state index contributed by atoms with van der Waals surface area (Å²) < 4.78 is 0. The van der Waals surface area contributed by atoms with Crippen molar-refractivity contribution >= 4 is 11.8 Å². The van der Waals surface area contributed by atoms with Gasteiger partial charge in [0.15, 0.2) is 0 Å². The molecule has 0 atom stereocenters. The highest BCUT2D eigenvalue weighted by molar-refractivity contribution is 5.98. The summed E-state index contributed by atoms with van der Waals surface area (Å²) in [5, 5.41) is 3.06. The van der Waals surface area contributed by atoms with Gasteiger partial charge in [0.05, 0.1) is 0 Å². The van der Waals surface area contributed by atoms with Crippen LogP contribution in [-0.2, 0) is 6.54 Å². The second-order valence-corrected chi connectivity index (χ2v) is 7.04. The highest BCUT2D eigenvalue weighted by atomic mass is 16.2. The zero-order valence-electron chi connectivity index (χ0n) is 15.9. The van der Waals surface area contributed by atoms with Crippen LogP contribution in [-0.4, -0.2) is 34.3 Å². The van der Waals surface area contributed by atoms with Gasteiger partial charge in [-0.2, -0.15) is 0 Å². The van der Waals surface area contributed by atoms with E-state index in [0.29, 0.717) is 24.3 Å². The SMILES string of the molecule is CCN(Cc1ccccc1)C(=O)c1ccnc(C(=O)NC2CCCCC2)c1. The number of nitrogens with one attached hydrogen (secondary N) is 1. The number of nitrogens with zero attached hydrogens (tertiary/aromatic N) is 2. The van der Waals surface area contributed by atoms with E-state index in [4.69, 9.17) is 0 Å². The number of hydrogen-bond acceptors (Lipinski definition) is 3. The van der Waals surface area contributed by atoms with Crippen LogP contribution in [0.4, 0.5) is 0 Å². The average molecular weight is 365 g/mol. The van der Waals surface area contributed by atoms with Gasteiger partial charge in [-0.05, 0) is 37.5 Å². The standard InChI is InChI=1S/C22H27N3O2/c1-2-25(16-17-9-5-3-6-10-17)22(27)18-13-14-23-20(15-18)21(26)24-19-11-7-4-8-12-19/h3,5-6,9-10,13-15,19H,2,4,7-8,11-12,16H2,1H3,(H,24,26). The second kappa shape index (κ2) is 9.31. The Morgan fingerprint density at radius 3 is 2.56 bits per heavy atom. The van der Waals surface area contributed by atoms with Crippen molar-refractivity contribution in [3.05, 3.63) is 65.5 Å². The lowest BCUT2D eigenvalue weighted by Gasteiger charge is -2.23. The Balaban J connectivity index is 1.69. The van der Waals surface area contributed by atoms with Crippen LogP contribution in [0, 0.1) is 0 Å². The summed E-state index contributed by atoms with van der Waals surface area (Å²) in [6.45, 7) is 3.10. The molecule has 0 bridgehead atoms. The quantitative estimate of drug-likeness (QED) is 0.847. The molecule has 0 radical (unpaired) electrons. The Morgan fingerprint density at radius 2 is 1.85 bits per heavy atom. The Labute approximate surface area is 160 Å². The first-order valence-corrected chi connectivity index (χ1v) is 9.77. The minimum absolute atomic E-state index is 0.0875. The largest absolute Gasteiger partial charge is 0.348 e. The Bertz CT molecular complexity index is 770. The van der Waals surface area contributed by atoms with Crippen molar-refractivity contribution in [3.8, 4) is 0 Å². The second-order valence-electron chi connectivity index (χ2n) is 7.04. The van der Waals surface area contributed by atoms with Gasteiger partial charge in [-0.15, -0.1) is 0 Å². The van der Waals surface area contributed by atoms with Crippen LogP contribution in [0.1, 0.15) is 65.4 Å². The summed E-state index contributed by atoms with van der Waals surface area (Å²) in [5.74, 6) is -0.280. The zero-order valence-corrected chi connectivity index (χ0v) is 15.9. The van der Waals surface area contributed by atoms with E-state index in [-0.39, 0.29) is 17.9 Å². The molecular weight excluding hydrogens is 338 g/mol. The van der Waals surface area contributed by atoms with E-state index in [2.05, 4.69) is 10.3 Å². The molecule has 1 N–H and O–H groups in total. The van der Waals surface area contributed by atoms with Crippen molar-refractivity contribution in [2.75, 3.05) is 6.54 Å². The molecule has 0 saturated heterocycles. The number of pyridine rings is 1. The van der Waals surface area contributed by atoms with Crippen LogP contribution in [0.3, 0.4) is 0 Å². The highest BCUT2D eigenvalue weighted by Gasteiger charge is 2.20. The fourth-order valence-electron chi connectivity index (χ4n) is 3.51. The van der Waals surface area contributed by atoms with E-state index in [1.54, 1.807) is 23.2 Å². The molecule has 5 heteroatoms. The third kappa shape index (κ3) is 5.16. The van der Waals surface area contributed by atoms with Gasteiger partial charge in [0.25, 0.3) is 11.8 Å². The predicted octanol–water partition coefficient (Wildman–Crippen LogP) is 3.81. The topological polar surface area (TPSA) is 62.3 Å². The molecule has 1 fully saturated rings. The molecule has 0 spiro atoms. The fraction of sp³-hybridized carbons (Fsp3) is 0.409. The molecule has 1 saturated carbocycles. The first-order chi connectivity index (χ1) is 13.2. The average Bonchev–Trinajstić information content (AvgIpc) is 2.73. The molecule has 142 valence electrons. The summed E-state index contributed by atoms with van der Waals surface area (Å²) >= 11 is 0. The smallest absolute Gasteiger partial charge is 0.270 e. The predicted molar refractivity (Wildman–Crippen MR) is 105 cm³/mol. The Hall–Kier alpha value is -2.69. The zero-order chi connectivity index (χ0) is 19.1. The number of benzene rings is 1. The van der Waals surface area contributed by atoms with E-state index >= 15 is 0 Å². The van der Waals surface area contributed by atoms with Gasteiger partial charge in [-0.1, -0.05) is 49.6 Å². The van der Waals surface area contributed by atoms with Gasteiger partial charge in [0.2, 0.25) is 0 Å². The van der Waals surface area contributed by atoms with E-state index in [9.17, 15) is 9.59 Å². The molecular formula is C22H27N3O2. The Morgan fingerprint density at radius 1 is 1.11 bits per heavy atom. The van der Waals surface area contributed by atoms with Crippen molar-refractivity contribution in [1.82, 2.24) is 15.2 Å². The lowest BCUT2D eigenvalue weighted by Crippen LogP contribution is -2.37. The third-order valence-corrected chi connectivity index (χ3v) is 5.07. The molecule has 1 heterocycles. The highest BCUT2D eigenvalue weighted by Crippen LogP contribution is 2.18. The maximum Gasteiger partial charge on any atom is 0.270 e. The summed E-state index contributed by atoms with van der Waals surface area (Å²) in [5.41, 5.74) is 1.88. The van der Waals surface area contributed by atoms with Crippen LogP contribution >= 0.6 is 0 Å². The summed E-state index contributed by atoms with van der Waals surface area (Å²) in [4.78, 5) is 31.4. The molecule has 1 aliphatic carbocycles. The molecule has 1 aromatic carbocycles. The monoisotopic (exact) mass is 365 g/mol. The molecule has 2 aromatic rings. The number of rotatable bonds is 6. The number of hydrogen-bond donors (Lipinski definition) is 1. The molecule has 3 rings (SSSR count). The van der Waals surface area contributed by atoms with Gasteiger partial charge in [0.1, 0.15) is 5.69 Å². The molecule has 5 nitrogen and oxygen atoms in total. The van der Waals surface area contributed by atoms with E-state index in [1.165, 1.54) is 6.42 Å². The van der Waals surface area contributed by atoms with Gasteiger partial charge < -0.3 is 10.2 Å². The third-order valence-electron chi connectivity index (χ3n) is 5.07. The lowest BCUT2D eigenvalue weighted by molar-refractivity contribution is 0.0752. The fourth-order valence-corrected chi connectivity index (χ4v) is 3.51. The van der Waals surface area contributed by atoms with Gasteiger partial charge >= 0.3 is 0 Å². The van der Waals surface area contributed by atoms with Crippen LogP contribution < -0.4 is 5.32 Å². The lowest BCUT2D eigenvalue weighted by atomic mass is 9.95.